The van der Waals surface area contributed by atoms with Crippen LogP contribution >= 0.6 is 24.8 Å². The number of halogens is 2. The van der Waals surface area contributed by atoms with Crippen LogP contribution in [0.15, 0.2) is 54.9 Å². The third-order valence-corrected chi connectivity index (χ3v) is 4.47. The van der Waals surface area contributed by atoms with E-state index in [4.69, 9.17) is 9.47 Å². The van der Waals surface area contributed by atoms with Gasteiger partial charge in [-0.2, -0.15) is 0 Å². The Morgan fingerprint density at radius 2 is 1.64 bits per heavy atom. The molecule has 1 N–H and O–H groups in total. The smallest absolute Gasteiger partial charge is 0.161 e. The van der Waals surface area contributed by atoms with Gasteiger partial charge in [0.05, 0.1) is 14.2 Å². The van der Waals surface area contributed by atoms with Gasteiger partial charge >= 0.3 is 0 Å². The molecule has 146 valence electrons. The van der Waals surface area contributed by atoms with E-state index in [0.29, 0.717) is 23.4 Å². The van der Waals surface area contributed by atoms with Crippen LogP contribution in [0.25, 0.3) is 21.7 Å². The van der Waals surface area contributed by atoms with E-state index in [9.17, 15) is 5.11 Å². The summed E-state index contributed by atoms with van der Waals surface area (Å²) in [7, 11) is 3.24. The van der Waals surface area contributed by atoms with E-state index in [-0.39, 0.29) is 30.6 Å². The van der Waals surface area contributed by atoms with Crippen LogP contribution in [-0.2, 0) is 6.42 Å². The summed E-state index contributed by atoms with van der Waals surface area (Å²) in [5, 5.41) is 13.0. The maximum Gasteiger partial charge on any atom is 0.161 e. The number of rotatable bonds is 4. The number of ether oxygens (including phenoxy) is 2. The summed E-state index contributed by atoms with van der Waals surface area (Å²) in [4.78, 5) is 8.97. The van der Waals surface area contributed by atoms with Crippen molar-refractivity contribution in [3.8, 4) is 17.2 Å². The molecule has 0 unspecified atom stereocenters. The highest BCUT2D eigenvalue weighted by Gasteiger charge is 2.11. The molecule has 0 saturated heterocycles. The van der Waals surface area contributed by atoms with Gasteiger partial charge in [-0.15, -0.1) is 24.8 Å². The van der Waals surface area contributed by atoms with Crippen LogP contribution < -0.4 is 9.47 Å². The molecular weight excluding hydrogens is 399 g/mol. The van der Waals surface area contributed by atoms with E-state index < -0.39 is 0 Å². The number of hydrogen-bond acceptors (Lipinski definition) is 5. The summed E-state index contributed by atoms with van der Waals surface area (Å²) < 4.78 is 10.8. The fourth-order valence-corrected chi connectivity index (χ4v) is 3.16. The molecule has 2 aromatic carbocycles. The lowest BCUT2D eigenvalue weighted by Crippen LogP contribution is -1.97. The molecule has 0 atom stereocenters. The summed E-state index contributed by atoms with van der Waals surface area (Å²) in [6, 6.07) is 13.2. The van der Waals surface area contributed by atoms with Gasteiger partial charge < -0.3 is 14.6 Å². The second-order valence-electron chi connectivity index (χ2n) is 6.06. The standard InChI is InChI=1S/C21H18N2O3.2ClH/c1-25-19-9-15-12-22-11-14(17(15)10-20(19)26-2)8-16-7-6-13-4-3-5-18(24)21(13)23-16;;/h3-7,9-12,24H,8H2,1-2H3;2*1H. The van der Waals surface area contributed by atoms with Gasteiger partial charge in [-0.1, -0.05) is 18.2 Å². The predicted molar refractivity (Wildman–Crippen MR) is 116 cm³/mol. The first-order valence-electron chi connectivity index (χ1n) is 8.26. The molecule has 4 rings (SSSR count). The molecule has 0 saturated carbocycles. The number of nitrogens with zero attached hydrogens (tertiary/aromatic N) is 2. The lowest BCUT2D eigenvalue weighted by Gasteiger charge is -2.12. The SMILES string of the molecule is COc1cc2cncc(Cc3ccc4cccc(O)c4n3)c2cc1OC.Cl.Cl. The molecule has 2 heterocycles. The van der Waals surface area contributed by atoms with Crippen LogP contribution in [0.5, 0.6) is 17.2 Å². The fraction of sp³-hybridized carbons (Fsp3) is 0.143. The maximum atomic E-state index is 10.1. The van der Waals surface area contributed by atoms with Crippen molar-refractivity contribution >= 4 is 46.5 Å². The lowest BCUT2D eigenvalue weighted by molar-refractivity contribution is 0.356. The van der Waals surface area contributed by atoms with Crippen molar-refractivity contribution in [1.82, 2.24) is 9.97 Å². The van der Waals surface area contributed by atoms with E-state index >= 15 is 0 Å². The zero-order valence-corrected chi connectivity index (χ0v) is 17.0. The number of hydrogen-bond donors (Lipinski definition) is 1. The molecule has 2 aromatic heterocycles. The van der Waals surface area contributed by atoms with Crippen LogP contribution in [0.4, 0.5) is 0 Å². The van der Waals surface area contributed by atoms with E-state index in [0.717, 1.165) is 27.4 Å². The Morgan fingerprint density at radius 1 is 0.893 bits per heavy atom. The molecule has 0 aliphatic carbocycles. The third kappa shape index (κ3) is 3.91. The summed E-state index contributed by atoms with van der Waals surface area (Å²) in [6.07, 6.45) is 4.25. The average Bonchev–Trinajstić information content (AvgIpc) is 2.68. The Balaban J connectivity index is 0.00000140. The number of methoxy groups -OCH3 is 2. The second-order valence-corrected chi connectivity index (χ2v) is 6.06. The number of aromatic hydroxyl groups is 1. The first-order chi connectivity index (χ1) is 12.7. The van der Waals surface area contributed by atoms with Gasteiger partial charge in [0.1, 0.15) is 11.3 Å². The first-order valence-corrected chi connectivity index (χ1v) is 8.26. The molecule has 28 heavy (non-hydrogen) atoms. The minimum Gasteiger partial charge on any atom is -0.506 e. The van der Waals surface area contributed by atoms with Crippen LogP contribution in [0.2, 0.25) is 0 Å². The van der Waals surface area contributed by atoms with Gasteiger partial charge in [0.25, 0.3) is 0 Å². The number of pyridine rings is 2. The molecule has 5 nitrogen and oxygen atoms in total. The highest BCUT2D eigenvalue weighted by molar-refractivity contribution is 5.89. The van der Waals surface area contributed by atoms with Crippen molar-refractivity contribution in [2.75, 3.05) is 14.2 Å². The molecule has 0 spiro atoms. The maximum absolute atomic E-state index is 10.1. The van der Waals surface area contributed by atoms with Crippen molar-refractivity contribution in [3.05, 3.63) is 66.1 Å². The monoisotopic (exact) mass is 418 g/mol. The topological polar surface area (TPSA) is 64.5 Å². The average molecular weight is 419 g/mol. The highest BCUT2D eigenvalue weighted by Crippen LogP contribution is 2.34. The molecule has 0 fully saturated rings. The molecule has 0 radical (unpaired) electrons. The molecule has 0 aliphatic rings. The summed E-state index contributed by atoms with van der Waals surface area (Å²) in [5.74, 6) is 1.54. The second kappa shape index (κ2) is 8.95. The van der Waals surface area contributed by atoms with E-state index in [2.05, 4.69) is 9.97 Å². The predicted octanol–water partition coefficient (Wildman–Crippen LogP) is 4.94. The van der Waals surface area contributed by atoms with Crippen molar-refractivity contribution in [1.29, 1.82) is 0 Å². The van der Waals surface area contributed by atoms with Crippen LogP contribution in [-0.4, -0.2) is 29.3 Å². The number of aromatic nitrogens is 2. The van der Waals surface area contributed by atoms with Crippen molar-refractivity contribution in [2.24, 2.45) is 0 Å². The summed E-state index contributed by atoms with van der Waals surface area (Å²) in [5.41, 5.74) is 2.51. The van der Waals surface area contributed by atoms with Gasteiger partial charge in [-0.3, -0.25) is 4.98 Å². The zero-order valence-electron chi connectivity index (χ0n) is 15.4. The lowest BCUT2D eigenvalue weighted by atomic mass is 10.0. The number of para-hydroxylation sites is 1. The number of phenolic OH excluding ortho intramolecular Hbond substituents is 1. The summed E-state index contributed by atoms with van der Waals surface area (Å²) in [6.45, 7) is 0. The van der Waals surface area contributed by atoms with E-state index in [1.165, 1.54) is 0 Å². The Hall–Kier alpha value is -2.76. The Morgan fingerprint density at radius 3 is 2.39 bits per heavy atom. The summed E-state index contributed by atoms with van der Waals surface area (Å²) >= 11 is 0. The van der Waals surface area contributed by atoms with Crippen LogP contribution in [0, 0.1) is 0 Å². The fourth-order valence-electron chi connectivity index (χ4n) is 3.16. The van der Waals surface area contributed by atoms with Crippen LogP contribution in [0.3, 0.4) is 0 Å². The normalized spacial score (nSPS) is 10.2. The number of phenols is 1. The zero-order chi connectivity index (χ0) is 18.1. The van der Waals surface area contributed by atoms with Gasteiger partial charge in [-0.05, 0) is 35.2 Å². The quantitative estimate of drug-likeness (QED) is 0.508. The Kier molecular flexibility index (Phi) is 6.89. The van der Waals surface area contributed by atoms with Crippen LogP contribution in [0.1, 0.15) is 11.3 Å². The highest BCUT2D eigenvalue weighted by atomic mass is 35.5. The van der Waals surface area contributed by atoms with Gasteiger partial charge in [0, 0.05) is 35.3 Å². The Labute approximate surface area is 175 Å². The number of benzene rings is 2. The molecule has 0 aliphatic heterocycles. The molecule has 4 aromatic rings. The largest absolute Gasteiger partial charge is 0.506 e. The third-order valence-electron chi connectivity index (χ3n) is 4.47. The van der Waals surface area contributed by atoms with E-state index in [1.54, 1.807) is 26.5 Å². The van der Waals surface area contributed by atoms with Crippen molar-refractivity contribution in [2.45, 2.75) is 6.42 Å². The van der Waals surface area contributed by atoms with Crippen molar-refractivity contribution < 1.29 is 14.6 Å². The Bertz CT molecular complexity index is 1120. The van der Waals surface area contributed by atoms with E-state index in [1.807, 2.05) is 42.6 Å². The first kappa shape index (κ1) is 21.5. The van der Waals surface area contributed by atoms with Gasteiger partial charge in [0.15, 0.2) is 11.5 Å². The molecule has 7 heteroatoms. The molecule has 0 amide bonds. The number of fused-ring (bicyclic) bond motifs is 2. The molecular formula is C21H20Cl2N2O3. The van der Waals surface area contributed by atoms with Gasteiger partial charge in [-0.25, -0.2) is 4.98 Å². The molecule has 0 bridgehead atoms. The van der Waals surface area contributed by atoms with Gasteiger partial charge in [0.2, 0.25) is 0 Å². The van der Waals surface area contributed by atoms with Crippen molar-refractivity contribution in [3.63, 3.8) is 0 Å². The minimum atomic E-state index is 0. The minimum absolute atomic E-state index is 0.